The molecule has 3 aromatic rings. The summed E-state index contributed by atoms with van der Waals surface area (Å²) in [5.41, 5.74) is 2.00. The standard InChI is InChI=1S/C17H12N4OS/c18-8-12-3-1-5-14(7-12)16(22)15-11-21-17(23-15)20-10-13-4-2-6-19-9-13/h1-7,9,11H,10H2,(H,20,21). The number of benzene rings is 1. The number of pyridine rings is 1. The van der Waals surface area contributed by atoms with Gasteiger partial charge in [0.1, 0.15) is 0 Å². The highest BCUT2D eigenvalue weighted by Gasteiger charge is 2.13. The van der Waals surface area contributed by atoms with E-state index in [1.807, 2.05) is 18.2 Å². The lowest BCUT2D eigenvalue weighted by atomic mass is 10.1. The van der Waals surface area contributed by atoms with Gasteiger partial charge in [0, 0.05) is 24.5 Å². The van der Waals surface area contributed by atoms with Crippen LogP contribution in [0, 0.1) is 11.3 Å². The van der Waals surface area contributed by atoms with Crippen molar-refractivity contribution < 1.29 is 4.79 Å². The Bertz CT molecular complexity index is 868. The third-order valence-electron chi connectivity index (χ3n) is 3.15. The fourth-order valence-corrected chi connectivity index (χ4v) is 2.79. The maximum Gasteiger partial charge on any atom is 0.204 e. The van der Waals surface area contributed by atoms with E-state index in [1.54, 1.807) is 42.9 Å². The Morgan fingerprint density at radius 3 is 2.96 bits per heavy atom. The molecule has 3 rings (SSSR count). The number of rotatable bonds is 5. The van der Waals surface area contributed by atoms with E-state index in [9.17, 15) is 4.79 Å². The molecular formula is C17H12N4OS. The van der Waals surface area contributed by atoms with Crippen LogP contribution in [-0.2, 0) is 6.54 Å². The second-order valence-electron chi connectivity index (χ2n) is 4.77. The Hall–Kier alpha value is -3.04. The van der Waals surface area contributed by atoms with Gasteiger partial charge in [-0.25, -0.2) is 4.98 Å². The van der Waals surface area contributed by atoms with Gasteiger partial charge in [-0.05, 0) is 23.8 Å². The third kappa shape index (κ3) is 3.59. The zero-order chi connectivity index (χ0) is 16.1. The molecule has 0 bridgehead atoms. The molecule has 112 valence electrons. The number of thiazole rings is 1. The van der Waals surface area contributed by atoms with E-state index in [1.165, 1.54) is 11.3 Å². The first-order chi connectivity index (χ1) is 11.3. The SMILES string of the molecule is N#Cc1cccc(C(=O)c2cnc(NCc3cccnc3)s2)c1. The number of anilines is 1. The van der Waals surface area contributed by atoms with Gasteiger partial charge >= 0.3 is 0 Å². The minimum Gasteiger partial charge on any atom is -0.357 e. The van der Waals surface area contributed by atoms with Gasteiger partial charge in [0.05, 0.1) is 22.7 Å². The van der Waals surface area contributed by atoms with Crippen LogP contribution in [0.25, 0.3) is 0 Å². The number of nitrogens with zero attached hydrogens (tertiary/aromatic N) is 3. The Morgan fingerprint density at radius 2 is 2.17 bits per heavy atom. The average molecular weight is 320 g/mol. The van der Waals surface area contributed by atoms with Crippen LogP contribution >= 0.6 is 11.3 Å². The molecule has 0 radical (unpaired) electrons. The summed E-state index contributed by atoms with van der Waals surface area (Å²) in [6.07, 6.45) is 5.05. The van der Waals surface area contributed by atoms with Crippen molar-refractivity contribution >= 4 is 22.3 Å². The number of nitriles is 1. The van der Waals surface area contributed by atoms with Crippen LogP contribution in [0.5, 0.6) is 0 Å². The van der Waals surface area contributed by atoms with Crippen LogP contribution in [0.1, 0.15) is 26.4 Å². The summed E-state index contributed by atoms with van der Waals surface area (Å²) >= 11 is 1.29. The summed E-state index contributed by atoms with van der Waals surface area (Å²) in [5.74, 6) is -0.131. The molecule has 0 aliphatic heterocycles. The van der Waals surface area contributed by atoms with Crippen LogP contribution in [0.15, 0.2) is 55.0 Å². The molecule has 0 spiro atoms. The first-order valence-electron chi connectivity index (χ1n) is 6.90. The van der Waals surface area contributed by atoms with Crippen LogP contribution in [-0.4, -0.2) is 15.8 Å². The molecule has 23 heavy (non-hydrogen) atoms. The van der Waals surface area contributed by atoms with Crippen LogP contribution in [0.4, 0.5) is 5.13 Å². The average Bonchev–Trinajstić information content (AvgIpc) is 3.09. The van der Waals surface area contributed by atoms with Crippen molar-refractivity contribution in [3.63, 3.8) is 0 Å². The fraction of sp³-hybridized carbons (Fsp3) is 0.0588. The highest BCUT2D eigenvalue weighted by molar-refractivity contribution is 7.17. The van der Waals surface area contributed by atoms with Crippen molar-refractivity contribution in [2.45, 2.75) is 6.54 Å². The minimum absolute atomic E-state index is 0.131. The quantitative estimate of drug-likeness (QED) is 0.730. The van der Waals surface area contributed by atoms with Crippen LogP contribution < -0.4 is 5.32 Å². The molecule has 2 heterocycles. The van der Waals surface area contributed by atoms with Crippen molar-refractivity contribution in [2.24, 2.45) is 0 Å². The second kappa shape index (κ2) is 6.81. The predicted octanol–water partition coefficient (Wildman–Crippen LogP) is 3.25. The van der Waals surface area contributed by atoms with Gasteiger partial charge in [-0.3, -0.25) is 9.78 Å². The van der Waals surface area contributed by atoms with Gasteiger partial charge < -0.3 is 5.32 Å². The molecule has 0 saturated carbocycles. The van der Waals surface area contributed by atoms with Crippen molar-refractivity contribution in [1.82, 2.24) is 9.97 Å². The number of carbonyl (C=O) groups is 1. The molecule has 0 unspecified atom stereocenters. The smallest absolute Gasteiger partial charge is 0.204 e. The number of aromatic nitrogens is 2. The number of carbonyl (C=O) groups excluding carboxylic acids is 1. The first-order valence-corrected chi connectivity index (χ1v) is 7.71. The van der Waals surface area contributed by atoms with Gasteiger partial charge in [-0.1, -0.05) is 29.5 Å². The minimum atomic E-state index is -0.131. The van der Waals surface area contributed by atoms with E-state index >= 15 is 0 Å². The van der Waals surface area contributed by atoms with Crippen molar-refractivity contribution in [2.75, 3.05) is 5.32 Å². The van der Waals surface area contributed by atoms with Crippen molar-refractivity contribution in [3.8, 4) is 6.07 Å². The Labute approximate surface area is 137 Å². The molecule has 0 amide bonds. The van der Waals surface area contributed by atoms with E-state index in [0.29, 0.717) is 27.7 Å². The van der Waals surface area contributed by atoms with Crippen molar-refractivity contribution in [3.05, 3.63) is 76.6 Å². The summed E-state index contributed by atoms with van der Waals surface area (Å²) in [4.78, 5) is 21.2. The van der Waals surface area contributed by atoms with E-state index in [4.69, 9.17) is 5.26 Å². The molecule has 5 nitrogen and oxygen atoms in total. The molecule has 6 heteroatoms. The molecule has 0 saturated heterocycles. The number of ketones is 1. The van der Waals surface area contributed by atoms with E-state index < -0.39 is 0 Å². The molecule has 0 fully saturated rings. The van der Waals surface area contributed by atoms with Crippen LogP contribution in [0.2, 0.25) is 0 Å². The lowest BCUT2D eigenvalue weighted by Crippen LogP contribution is -1.99. The van der Waals surface area contributed by atoms with Gasteiger partial charge in [-0.15, -0.1) is 0 Å². The maximum absolute atomic E-state index is 12.4. The van der Waals surface area contributed by atoms with Gasteiger partial charge in [0.15, 0.2) is 5.13 Å². The molecule has 1 aromatic carbocycles. The monoisotopic (exact) mass is 320 g/mol. The Morgan fingerprint density at radius 1 is 1.26 bits per heavy atom. The van der Waals surface area contributed by atoms with E-state index in [2.05, 4.69) is 15.3 Å². The van der Waals surface area contributed by atoms with E-state index in [-0.39, 0.29) is 5.78 Å². The van der Waals surface area contributed by atoms with Gasteiger partial charge in [0.2, 0.25) is 5.78 Å². The largest absolute Gasteiger partial charge is 0.357 e. The summed E-state index contributed by atoms with van der Waals surface area (Å²) in [7, 11) is 0. The van der Waals surface area contributed by atoms with E-state index in [0.717, 1.165) is 5.56 Å². The molecule has 0 atom stereocenters. The Kier molecular flexibility index (Phi) is 4.41. The summed E-state index contributed by atoms with van der Waals surface area (Å²) in [6, 6.07) is 12.5. The summed E-state index contributed by atoms with van der Waals surface area (Å²) < 4.78 is 0. The van der Waals surface area contributed by atoms with Gasteiger partial charge in [0.25, 0.3) is 0 Å². The zero-order valence-electron chi connectivity index (χ0n) is 12.1. The predicted molar refractivity (Wildman–Crippen MR) is 88.3 cm³/mol. The normalized spacial score (nSPS) is 10.0. The maximum atomic E-state index is 12.4. The second-order valence-corrected chi connectivity index (χ2v) is 5.80. The third-order valence-corrected chi connectivity index (χ3v) is 4.10. The van der Waals surface area contributed by atoms with Crippen LogP contribution in [0.3, 0.4) is 0 Å². The molecule has 1 N–H and O–H groups in total. The lowest BCUT2D eigenvalue weighted by Gasteiger charge is -2.01. The first kappa shape index (κ1) is 14.9. The summed E-state index contributed by atoms with van der Waals surface area (Å²) in [6.45, 7) is 0.596. The fourth-order valence-electron chi connectivity index (χ4n) is 2.01. The van der Waals surface area contributed by atoms with Crippen molar-refractivity contribution in [1.29, 1.82) is 5.26 Å². The highest BCUT2D eigenvalue weighted by Crippen LogP contribution is 2.22. The number of hydrogen-bond acceptors (Lipinski definition) is 6. The van der Waals surface area contributed by atoms with Gasteiger partial charge in [-0.2, -0.15) is 5.26 Å². The topological polar surface area (TPSA) is 78.7 Å². The molecule has 2 aromatic heterocycles. The highest BCUT2D eigenvalue weighted by atomic mass is 32.1. The zero-order valence-corrected chi connectivity index (χ0v) is 12.9. The Balaban J connectivity index is 1.71. The molecular weight excluding hydrogens is 308 g/mol. The summed E-state index contributed by atoms with van der Waals surface area (Å²) in [5, 5.41) is 12.8. The lowest BCUT2D eigenvalue weighted by molar-refractivity contribution is 0.104. The number of nitrogens with one attached hydrogen (secondary N) is 1. The molecule has 0 aliphatic carbocycles. The molecule has 0 aliphatic rings. The number of hydrogen-bond donors (Lipinski definition) is 1.